The van der Waals surface area contributed by atoms with Gasteiger partial charge in [0.05, 0.1) is 0 Å². The lowest BCUT2D eigenvalue weighted by Crippen LogP contribution is -2.46. The molecule has 3 heterocycles. The fraction of sp³-hybridized carbons (Fsp3) is 0.560. The van der Waals surface area contributed by atoms with Gasteiger partial charge in [0, 0.05) is 49.7 Å². The quantitative estimate of drug-likeness (QED) is 0.436. The molecular formula is C25H35N5OS. The van der Waals surface area contributed by atoms with Crippen LogP contribution in [0.2, 0.25) is 0 Å². The number of para-hydroxylation sites is 1. The van der Waals surface area contributed by atoms with Crippen LogP contribution < -0.4 is 4.90 Å². The molecule has 32 heavy (non-hydrogen) atoms. The largest absolute Gasteiger partial charge is 0.361 e. The second kappa shape index (κ2) is 10.6. The summed E-state index contributed by atoms with van der Waals surface area (Å²) in [7, 11) is 0. The maximum atomic E-state index is 13.2. The minimum Gasteiger partial charge on any atom is -0.361 e. The van der Waals surface area contributed by atoms with Crippen LogP contribution in [0.15, 0.2) is 30.5 Å². The summed E-state index contributed by atoms with van der Waals surface area (Å²) in [5.41, 5.74) is 2.46. The van der Waals surface area contributed by atoms with Crippen molar-refractivity contribution in [3.05, 3.63) is 41.0 Å². The third-order valence-electron chi connectivity index (χ3n) is 6.55. The number of carbonyl (C=O) groups excluding carboxylic acids is 1. The maximum Gasteiger partial charge on any atom is 0.208 e. The van der Waals surface area contributed by atoms with E-state index in [9.17, 15) is 4.79 Å². The first-order chi connectivity index (χ1) is 15.5. The summed E-state index contributed by atoms with van der Waals surface area (Å²) in [6, 6.07) is 8.41. The number of likely N-dealkylation sites (N-methyl/N-ethyl adjacent to an activating group) is 1. The smallest absolute Gasteiger partial charge is 0.208 e. The van der Waals surface area contributed by atoms with Crippen molar-refractivity contribution < 1.29 is 4.79 Å². The van der Waals surface area contributed by atoms with Crippen LogP contribution in [0, 0.1) is 11.8 Å². The molecule has 0 aliphatic carbocycles. The van der Waals surface area contributed by atoms with Gasteiger partial charge >= 0.3 is 0 Å². The first-order valence-corrected chi connectivity index (χ1v) is 12.7. The van der Waals surface area contributed by atoms with Gasteiger partial charge in [0.25, 0.3) is 0 Å². The van der Waals surface area contributed by atoms with E-state index >= 15 is 0 Å². The minimum atomic E-state index is 0.134. The first kappa shape index (κ1) is 22.9. The Bertz CT molecular complexity index is 1020. The topological polar surface area (TPSA) is 65.1 Å². The van der Waals surface area contributed by atoms with Crippen LogP contribution in [0.5, 0.6) is 0 Å². The van der Waals surface area contributed by atoms with Gasteiger partial charge in [-0.3, -0.25) is 4.79 Å². The van der Waals surface area contributed by atoms with Gasteiger partial charge in [-0.1, -0.05) is 56.7 Å². The molecule has 0 spiro atoms. The number of nitrogens with zero attached hydrogens (tertiary/aromatic N) is 4. The van der Waals surface area contributed by atoms with Gasteiger partial charge in [0.2, 0.25) is 5.13 Å². The lowest BCUT2D eigenvalue weighted by Gasteiger charge is -2.33. The normalized spacial score (nSPS) is 16.2. The van der Waals surface area contributed by atoms with E-state index in [0.717, 1.165) is 62.6 Å². The van der Waals surface area contributed by atoms with Crippen molar-refractivity contribution in [3.8, 4) is 0 Å². The average molecular weight is 454 g/mol. The monoisotopic (exact) mass is 453 g/mol. The third kappa shape index (κ3) is 5.56. The van der Waals surface area contributed by atoms with Crippen LogP contribution in [-0.4, -0.2) is 58.6 Å². The zero-order valence-corrected chi connectivity index (χ0v) is 20.3. The van der Waals surface area contributed by atoms with Crippen LogP contribution >= 0.6 is 11.3 Å². The highest BCUT2D eigenvalue weighted by molar-refractivity contribution is 7.17. The van der Waals surface area contributed by atoms with Gasteiger partial charge in [-0.15, -0.1) is 10.2 Å². The van der Waals surface area contributed by atoms with E-state index in [1.54, 1.807) is 0 Å². The predicted molar refractivity (Wildman–Crippen MR) is 133 cm³/mol. The van der Waals surface area contributed by atoms with Gasteiger partial charge in [0.1, 0.15) is 0 Å². The van der Waals surface area contributed by atoms with Crippen molar-refractivity contribution in [2.24, 2.45) is 11.8 Å². The molecule has 7 heteroatoms. The van der Waals surface area contributed by atoms with Crippen molar-refractivity contribution >= 4 is 33.2 Å². The molecule has 172 valence electrons. The second-order valence-corrected chi connectivity index (χ2v) is 10.3. The molecule has 4 rings (SSSR count). The molecule has 0 bridgehead atoms. The molecular weight excluding hydrogens is 418 g/mol. The number of anilines is 1. The molecule has 1 fully saturated rings. The van der Waals surface area contributed by atoms with Gasteiger partial charge < -0.3 is 14.8 Å². The number of hydrogen-bond acceptors (Lipinski definition) is 6. The minimum absolute atomic E-state index is 0.134. The number of aromatic amines is 1. The fourth-order valence-corrected chi connectivity index (χ4v) is 5.36. The summed E-state index contributed by atoms with van der Waals surface area (Å²) < 4.78 is 0. The number of carbonyl (C=O) groups is 1. The Kier molecular flexibility index (Phi) is 7.58. The van der Waals surface area contributed by atoms with Crippen LogP contribution in [-0.2, 0) is 6.42 Å². The van der Waals surface area contributed by atoms with Crippen LogP contribution in [0.1, 0.15) is 55.4 Å². The van der Waals surface area contributed by atoms with Crippen molar-refractivity contribution in [3.63, 3.8) is 0 Å². The molecule has 1 aliphatic rings. The zero-order chi connectivity index (χ0) is 22.5. The van der Waals surface area contributed by atoms with Crippen molar-refractivity contribution in [1.29, 1.82) is 0 Å². The van der Waals surface area contributed by atoms with Crippen LogP contribution in [0.25, 0.3) is 10.9 Å². The predicted octanol–water partition coefficient (Wildman–Crippen LogP) is 5.03. The van der Waals surface area contributed by atoms with E-state index in [0.29, 0.717) is 23.3 Å². The average Bonchev–Trinajstić information content (AvgIpc) is 3.45. The number of fused-ring (bicyclic) bond motifs is 1. The lowest BCUT2D eigenvalue weighted by molar-refractivity contribution is 0.0956. The maximum absolute atomic E-state index is 13.2. The molecule has 2 aromatic heterocycles. The number of benzene rings is 1. The van der Waals surface area contributed by atoms with Crippen LogP contribution in [0.3, 0.4) is 0 Å². The molecule has 0 saturated carbocycles. The second-order valence-electron chi connectivity index (χ2n) is 9.34. The highest BCUT2D eigenvalue weighted by Crippen LogP contribution is 2.28. The summed E-state index contributed by atoms with van der Waals surface area (Å²) in [5, 5.41) is 11.4. The number of H-pyrrole nitrogens is 1. The number of rotatable bonds is 10. The van der Waals surface area contributed by atoms with Gasteiger partial charge in [-0.25, -0.2) is 0 Å². The molecule has 1 unspecified atom stereocenters. The molecule has 1 saturated heterocycles. The van der Waals surface area contributed by atoms with E-state index in [1.165, 1.54) is 22.3 Å². The van der Waals surface area contributed by atoms with Crippen molar-refractivity contribution in [2.75, 3.05) is 37.6 Å². The standard InChI is InChI=1S/C25H35N5OS/c1-4-29-11-13-30(14-12-29)25-28-27-24(32-25)23(31)16-19(10-9-18(2)3)15-20-17-26-22-8-6-5-7-21(20)22/h5-8,17-19,26H,4,9-16H2,1-3H3. The molecule has 0 radical (unpaired) electrons. The van der Waals surface area contributed by atoms with E-state index in [4.69, 9.17) is 0 Å². The van der Waals surface area contributed by atoms with E-state index in [-0.39, 0.29) is 5.78 Å². The van der Waals surface area contributed by atoms with Gasteiger partial charge in [0.15, 0.2) is 10.8 Å². The molecule has 1 atom stereocenters. The van der Waals surface area contributed by atoms with Gasteiger partial charge in [-0.2, -0.15) is 0 Å². The van der Waals surface area contributed by atoms with E-state index < -0.39 is 0 Å². The summed E-state index contributed by atoms with van der Waals surface area (Å²) in [6.45, 7) is 11.8. The highest BCUT2D eigenvalue weighted by Gasteiger charge is 2.23. The Morgan fingerprint density at radius 2 is 1.91 bits per heavy atom. The van der Waals surface area contributed by atoms with E-state index in [1.807, 2.05) is 0 Å². The summed E-state index contributed by atoms with van der Waals surface area (Å²) in [5.74, 6) is 1.07. The SMILES string of the molecule is CCN1CCN(c2nnc(C(=O)CC(CCC(C)C)Cc3c[nH]c4ccccc34)s2)CC1. The Balaban J connectivity index is 1.42. The molecule has 3 aromatic rings. The van der Waals surface area contributed by atoms with Crippen molar-refractivity contribution in [1.82, 2.24) is 20.1 Å². The number of hydrogen-bond donors (Lipinski definition) is 1. The Morgan fingerprint density at radius 3 is 2.66 bits per heavy atom. The number of ketones is 1. The van der Waals surface area contributed by atoms with Gasteiger partial charge in [-0.05, 0) is 42.9 Å². The van der Waals surface area contributed by atoms with Crippen LogP contribution in [0.4, 0.5) is 5.13 Å². The first-order valence-electron chi connectivity index (χ1n) is 11.9. The number of Topliss-reactive ketones (excluding diaryl/α,β-unsaturated/α-hetero) is 1. The summed E-state index contributed by atoms with van der Waals surface area (Å²) in [4.78, 5) is 21.2. The highest BCUT2D eigenvalue weighted by atomic mass is 32.1. The molecule has 1 N–H and O–H groups in total. The van der Waals surface area contributed by atoms with E-state index in [2.05, 4.69) is 76.2 Å². The Hall–Kier alpha value is -2.25. The summed E-state index contributed by atoms with van der Waals surface area (Å²) >= 11 is 1.46. The number of nitrogens with one attached hydrogen (secondary N) is 1. The lowest BCUT2D eigenvalue weighted by atomic mass is 9.88. The zero-order valence-electron chi connectivity index (χ0n) is 19.5. The summed E-state index contributed by atoms with van der Waals surface area (Å²) in [6.07, 6.45) is 5.73. The third-order valence-corrected chi connectivity index (χ3v) is 7.58. The fourth-order valence-electron chi connectivity index (χ4n) is 4.52. The van der Waals surface area contributed by atoms with Crippen molar-refractivity contribution in [2.45, 2.75) is 46.5 Å². The molecule has 6 nitrogen and oxygen atoms in total. The number of piperazine rings is 1. The molecule has 1 aliphatic heterocycles. The molecule has 0 amide bonds. The Labute approximate surface area is 195 Å². The molecule has 1 aromatic carbocycles. The number of aromatic nitrogens is 3. The Morgan fingerprint density at radius 1 is 1.12 bits per heavy atom.